The Bertz CT molecular complexity index is 1760. The van der Waals surface area contributed by atoms with Crippen molar-refractivity contribution in [1.82, 2.24) is 30.9 Å². The van der Waals surface area contributed by atoms with Crippen LogP contribution in [0, 0.1) is 18.8 Å². The smallest absolute Gasteiger partial charge is 0.270 e. The zero-order valence-corrected chi connectivity index (χ0v) is 28.4. The van der Waals surface area contributed by atoms with E-state index in [9.17, 15) is 14.4 Å². The molecule has 13 nitrogen and oxygen atoms in total. The van der Waals surface area contributed by atoms with Crippen LogP contribution in [0.25, 0.3) is 22.5 Å². The van der Waals surface area contributed by atoms with Crippen molar-refractivity contribution in [1.29, 1.82) is 0 Å². The largest absolute Gasteiger partial charge is 0.368 e. The number of nitrogens with zero attached hydrogens (tertiary/aromatic N) is 5. The van der Waals surface area contributed by atoms with Gasteiger partial charge in [-0.15, -0.1) is 10.2 Å². The number of carbonyl (C=O) groups excluding carboxylic acids is 3. The number of amides is 3. The summed E-state index contributed by atoms with van der Waals surface area (Å²) in [6, 6.07) is 18.1. The Morgan fingerprint density at radius 2 is 1.58 bits per heavy atom. The SMILES string of the molecule is Cc1nc(C(=O)NC2CCC(N)CC2)ccc1-c1ccc(C[C@@H](C(N)=O)N(C(=O)C2CCC(CN)CC2)c2ccc(-c3nn[nH]n3)cc2)cc1. The topological polar surface area (TPSA) is 212 Å². The molecule has 13 heteroatoms. The minimum atomic E-state index is -0.919. The summed E-state index contributed by atoms with van der Waals surface area (Å²) in [5.41, 5.74) is 23.1. The van der Waals surface area contributed by atoms with Gasteiger partial charge in [-0.2, -0.15) is 5.21 Å². The highest BCUT2D eigenvalue weighted by Gasteiger charge is 2.36. The summed E-state index contributed by atoms with van der Waals surface area (Å²) in [5.74, 6) is -0.295. The number of aromatic nitrogens is 5. The Kier molecular flexibility index (Phi) is 10.9. The van der Waals surface area contributed by atoms with E-state index in [4.69, 9.17) is 17.2 Å². The van der Waals surface area contributed by atoms with Crippen LogP contribution in [-0.2, 0) is 16.0 Å². The first kappa shape index (κ1) is 34.8. The molecule has 8 N–H and O–H groups in total. The summed E-state index contributed by atoms with van der Waals surface area (Å²) in [4.78, 5) is 46.5. The minimum absolute atomic E-state index is 0.119. The molecule has 3 amide bonds. The summed E-state index contributed by atoms with van der Waals surface area (Å²) in [7, 11) is 0. The van der Waals surface area contributed by atoms with Crippen molar-refractivity contribution in [3.05, 3.63) is 77.6 Å². The number of hydrogen-bond donors (Lipinski definition) is 5. The number of aryl methyl sites for hydroxylation is 1. The maximum Gasteiger partial charge on any atom is 0.270 e. The van der Waals surface area contributed by atoms with E-state index < -0.39 is 11.9 Å². The highest BCUT2D eigenvalue weighted by atomic mass is 16.2. The fourth-order valence-corrected chi connectivity index (χ4v) is 7.24. The summed E-state index contributed by atoms with van der Waals surface area (Å²) in [6.45, 7) is 2.49. The van der Waals surface area contributed by atoms with E-state index in [1.165, 1.54) is 0 Å². The summed E-state index contributed by atoms with van der Waals surface area (Å²) >= 11 is 0. The molecule has 50 heavy (non-hydrogen) atoms. The molecule has 0 unspecified atom stereocenters. The molecule has 4 aromatic rings. The first-order valence-corrected chi connectivity index (χ1v) is 17.5. The molecule has 2 fully saturated rings. The van der Waals surface area contributed by atoms with Crippen LogP contribution in [0.4, 0.5) is 5.69 Å². The molecule has 2 saturated carbocycles. The van der Waals surface area contributed by atoms with Gasteiger partial charge in [-0.25, -0.2) is 4.98 Å². The Morgan fingerprint density at radius 1 is 0.900 bits per heavy atom. The van der Waals surface area contributed by atoms with Crippen LogP contribution in [0.15, 0.2) is 60.7 Å². The van der Waals surface area contributed by atoms with Crippen molar-refractivity contribution < 1.29 is 14.4 Å². The molecule has 0 radical (unpaired) electrons. The van der Waals surface area contributed by atoms with Crippen LogP contribution in [0.2, 0.25) is 0 Å². The average Bonchev–Trinajstić information content (AvgIpc) is 3.68. The first-order chi connectivity index (χ1) is 24.2. The van der Waals surface area contributed by atoms with Gasteiger partial charge in [0.2, 0.25) is 17.6 Å². The third kappa shape index (κ3) is 8.06. The van der Waals surface area contributed by atoms with Gasteiger partial charge in [0.25, 0.3) is 5.91 Å². The monoisotopic (exact) mass is 678 g/mol. The lowest BCUT2D eigenvalue weighted by molar-refractivity contribution is -0.127. The van der Waals surface area contributed by atoms with Gasteiger partial charge in [0.1, 0.15) is 11.7 Å². The molecule has 2 aliphatic rings. The van der Waals surface area contributed by atoms with Crippen molar-refractivity contribution >= 4 is 23.4 Å². The van der Waals surface area contributed by atoms with Crippen LogP contribution < -0.4 is 27.4 Å². The molecule has 2 aliphatic carbocycles. The first-order valence-electron chi connectivity index (χ1n) is 17.5. The van der Waals surface area contributed by atoms with Crippen LogP contribution >= 0.6 is 0 Å². The van der Waals surface area contributed by atoms with Gasteiger partial charge in [-0.1, -0.05) is 30.3 Å². The number of primary amides is 1. The van der Waals surface area contributed by atoms with Crippen molar-refractivity contribution in [2.75, 3.05) is 11.4 Å². The number of H-pyrrole nitrogens is 1. The summed E-state index contributed by atoms with van der Waals surface area (Å²) < 4.78 is 0. The quantitative estimate of drug-likeness (QED) is 0.157. The van der Waals surface area contributed by atoms with Crippen LogP contribution in [0.3, 0.4) is 0 Å². The molecular formula is C37H46N10O3. The zero-order valence-electron chi connectivity index (χ0n) is 28.4. The molecule has 2 aromatic carbocycles. The van der Waals surface area contributed by atoms with E-state index in [2.05, 4.69) is 30.9 Å². The van der Waals surface area contributed by atoms with E-state index in [1.807, 2.05) is 37.3 Å². The predicted molar refractivity (Wildman–Crippen MR) is 190 cm³/mol. The predicted octanol–water partition coefficient (Wildman–Crippen LogP) is 3.43. The second-order valence-corrected chi connectivity index (χ2v) is 13.7. The third-order valence-corrected chi connectivity index (χ3v) is 10.3. The highest BCUT2D eigenvalue weighted by Crippen LogP contribution is 2.33. The van der Waals surface area contributed by atoms with Gasteiger partial charge in [0.15, 0.2) is 0 Å². The standard InChI is InChI=1S/C37H46N10O3/c1-22-31(18-19-32(41-22)36(49)42-29-14-12-28(39)13-15-29)25-6-2-23(3-7-25)20-33(34(40)48)47(37(50)27-8-4-24(21-38)5-9-27)30-16-10-26(11-17-30)35-43-45-46-44-35/h2-3,6-7,10-11,16-19,24,27-29,33H,4-5,8-9,12-15,20-21,38-39H2,1H3,(H2,40,48)(H,42,49)(H,43,44,45,46)/t24?,27?,28?,29?,33-/m0/s1. The molecule has 262 valence electrons. The van der Waals surface area contributed by atoms with Crippen molar-refractivity contribution in [3.8, 4) is 22.5 Å². The molecule has 0 aliphatic heterocycles. The molecule has 1 atom stereocenters. The van der Waals surface area contributed by atoms with Crippen LogP contribution in [0.5, 0.6) is 0 Å². The van der Waals surface area contributed by atoms with E-state index in [1.54, 1.807) is 35.2 Å². The molecule has 2 heterocycles. The number of hydrogen-bond acceptors (Lipinski definition) is 9. The average molecular weight is 679 g/mol. The molecule has 0 spiro atoms. The second-order valence-electron chi connectivity index (χ2n) is 13.7. The lowest BCUT2D eigenvalue weighted by atomic mass is 9.81. The second kappa shape index (κ2) is 15.7. The van der Waals surface area contributed by atoms with Crippen molar-refractivity contribution in [2.24, 2.45) is 29.0 Å². The van der Waals surface area contributed by atoms with Gasteiger partial charge in [-0.3, -0.25) is 19.3 Å². The third-order valence-electron chi connectivity index (χ3n) is 10.3. The number of rotatable bonds is 11. The maximum absolute atomic E-state index is 14.2. The van der Waals surface area contributed by atoms with Gasteiger partial charge >= 0.3 is 0 Å². The fourth-order valence-electron chi connectivity index (χ4n) is 7.24. The molecule has 0 saturated heterocycles. The van der Waals surface area contributed by atoms with Crippen LogP contribution in [-0.4, -0.2) is 68.0 Å². The van der Waals surface area contributed by atoms with E-state index >= 15 is 0 Å². The summed E-state index contributed by atoms with van der Waals surface area (Å²) in [6.07, 6.45) is 6.97. The van der Waals surface area contributed by atoms with Gasteiger partial charge in [0, 0.05) is 46.9 Å². The maximum atomic E-state index is 14.2. The lowest BCUT2D eigenvalue weighted by Crippen LogP contribution is -2.52. The number of carbonyl (C=O) groups is 3. The summed E-state index contributed by atoms with van der Waals surface area (Å²) in [5, 5.41) is 17.2. The number of pyridine rings is 1. The van der Waals surface area contributed by atoms with Gasteiger partial charge < -0.3 is 22.5 Å². The van der Waals surface area contributed by atoms with E-state index in [0.29, 0.717) is 42.5 Å². The normalized spacial score (nSPS) is 21.3. The van der Waals surface area contributed by atoms with Gasteiger partial charge in [0.05, 0.1) is 0 Å². The zero-order chi connectivity index (χ0) is 35.2. The van der Waals surface area contributed by atoms with E-state index in [-0.39, 0.29) is 36.2 Å². The fraction of sp³-hybridized carbons (Fsp3) is 0.432. The Labute approximate surface area is 291 Å². The Balaban J connectivity index is 1.20. The molecule has 6 rings (SSSR count). The Hall–Kier alpha value is -5.01. The minimum Gasteiger partial charge on any atom is -0.368 e. The molecular weight excluding hydrogens is 632 g/mol. The number of aromatic amines is 1. The Morgan fingerprint density at radius 3 is 2.18 bits per heavy atom. The number of nitrogens with one attached hydrogen (secondary N) is 2. The highest BCUT2D eigenvalue weighted by molar-refractivity contribution is 6.02. The number of anilines is 1. The lowest BCUT2D eigenvalue weighted by Gasteiger charge is -2.35. The van der Waals surface area contributed by atoms with E-state index in [0.717, 1.165) is 66.5 Å². The van der Waals surface area contributed by atoms with Crippen molar-refractivity contribution in [2.45, 2.75) is 82.8 Å². The van der Waals surface area contributed by atoms with Crippen LogP contribution in [0.1, 0.15) is 73.1 Å². The number of nitrogens with two attached hydrogens (primary N) is 3. The molecule has 0 bridgehead atoms. The van der Waals surface area contributed by atoms with Crippen molar-refractivity contribution in [3.63, 3.8) is 0 Å². The van der Waals surface area contributed by atoms with Gasteiger partial charge in [-0.05, 0) is 117 Å². The molecule has 2 aromatic heterocycles. The number of benzene rings is 2. The number of tetrazole rings is 1.